The first kappa shape index (κ1) is 15.8. The minimum atomic E-state index is -5.11. The first-order chi connectivity index (χ1) is 9.70. The van der Waals surface area contributed by atoms with Crippen molar-refractivity contribution >= 4 is 34.5 Å². The fourth-order valence-electron chi connectivity index (χ4n) is 1.59. The van der Waals surface area contributed by atoms with Crippen molar-refractivity contribution in [3.63, 3.8) is 0 Å². The third kappa shape index (κ3) is 3.36. The van der Waals surface area contributed by atoms with Gasteiger partial charge < -0.3 is 5.32 Å². The first-order valence-corrected chi connectivity index (χ1v) is 6.82. The number of nitrogens with one attached hydrogen (secondary N) is 1. The van der Waals surface area contributed by atoms with Crippen LogP contribution < -0.4 is 5.32 Å². The monoisotopic (exact) mass is 337 g/mol. The molecule has 0 bridgehead atoms. The van der Waals surface area contributed by atoms with Crippen molar-refractivity contribution in [2.75, 3.05) is 5.32 Å². The third-order valence-electron chi connectivity index (χ3n) is 2.62. The summed E-state index contributed by atoms with van der Waals surface area (Å²) in [4.78, 5) is 11.1. The fraction of sp³-hybridized carbons (Fsp3) is 0.154. The quantitative estimate of drug-likeness (QED) is 0.766. The smallest absolute Gasteiger partial charge is 0.314 e. The number of thiophene rings is 1. The van der Waals surface area contributed by atoms with Crippen molar-refractivity contribution in [1.82, 2.24) is 0 Å². The molecule has 2 nitrogen and oxygen atoms in total. The predicted molar refractivity (Wildman–Crippen MR) is 74.1 cm³/mol. The molecule has 1 heterocycles. The summed E-state index contributed by atoms with van der Waals surface area (Å²) in [7, 11) is 0. The van der Waals surface area contributed by atoms with Gasteiger partial charge in [-0.2, -0.15) is 13.2 Å². The summed E-state index contributed by atoms with van der Waals surface area (Å²) in [6, 6.07) is 6.66. The van der Waals surface area contributed by atoms with Crippen LogP contribution in [0.15, 0.2) is 24.3 Å². The second kappa shape index (κ2) is 5.65. The Labute approximate surface area is 126 Å². The number of carbonyl (C=O) groups is 1. The van der Waals surface area contributed by atoms with Gasteiger partial charge in [0.25, 0.3) is 0 Å². The normalized spacial score (nSPS) is 11.5. The molecule has 0 atom stereocenters. The minimum Gasteiger partial charge on any atom is -0.314 e. The standard InChI is InChI=1S/C13H8ClF4NOS/c1-6-2-4-7(5-3-6)10-9(8(15)11(14)21-10)19-12(20)13(16,17)18/h2-5H,1H3,(H,19,20). The van der Waals surface area contributed by atoms with Crippen LogP contribution in [0.3, 0.4) is 0 Å². The van der Waals surface area contributed by atoms with E-state index in [1.807, 2.05) is 6.92 Å². The lowest BCUT2D eigenvalue weighted by molar-refractivity contribution is -0.167. The summed E-state index contributed by atoms with van der Waals surface area (Å²) >= 11 is 6.39. The van der Waals surface area contributed by atoms with E-state index >= 15 is 0 Å². The second-order valence-electron chi connectivity index (χ2n) is 4.21. The summed E-state index contributed by atoms with van der Waals surface area (Å²) in [6.45, 7) is 1.83. The molecule has 1 aromatic heterocycles. The molecule has 2 rings (SSSR count). The van der Waals surface area contributed by atoms with E-state index in [1.54, 1.807) is 24.3 Å². The highest BCUT2D eigenvalue weighted by atomic mass is 35.5. The third-order valence-corrected chi connectivity index (χ3v) is 4.02. The summed E-state index contributed by atoms with van der Waals surface area (Å²) in [5.41, 5.74) is 0.841. The molecule has 0 aliphatic carbocycles. The van der Waals surface area contributed by atoms with Gasteiger partial charge in [0.05, 0.1) is 10.6 Å². The highest BCUT2D eigenvalue weighted by molar-refractivity contribution is 7.20. The number of benzene rings is 1. The van der Waals surface area contributed by atoms with E-state index in [1.165, 1.54) is 5.32 Å². The molecule has 112 valence electrons. The van der Waals surface area contributed by atoms with Crippen LogP contribution in [0.5, 0.6) is 0 Å². The topological polar surface area (TPSA) is 29.1 Å². The van der Waals surface area contributed by atoms with Crippen LogP contribution in [0.25, 0.3) is 10.4 Å². The molecular formula is C13H8ClF4NOS. The zero-order chi connectivity index (χ0) is 15.8. The van der Waals surface area contributed by atoms with Gasteiger partial charge in [-0.05, 0) is 12.5 Å². The molecule has 1 aromatic carbocycles. The predicted octanol–water partition coefficient (Wildman–Crippen LogP) is 5.02. The van der Waals surface area contributed by atoms with Crippen molar-refractivity contribution < 1.29 is 22.4 Å². The Kier molecular flexibility index (Phi) is 4.25. The lowest BCUT2D eigenvalue weighted by atomic mass is 10.1. The molecule has 0 saturated carbocycles. The van der Waals surface area contributed by atoms with Crippen molar-refractivity contribution in [2.45, 2.75) is 13.1 Å². The van der Waals surface area contributed by atoms with Gasteiger partial charge in [-0.1, -0.05) is 41.4 Å². The van der Waals surface area contributed by atoms with E-state index in [9.17, 15) is 22.4 Å². The van der Waals surface area contributed by atoms with Gasteiger partial charge in [0.2, 0.25) is 0 Å². The van der Waals surface area contributed by atoms with E-state index in [4.69, 9.17) is 11.6 Å². The van der Waals surface area contributed by atoms with Crippen LogP contribution in [0.1, 0.15) is 5.56 Å². The molecule has 0 spiro atoms. The lowest BCUT2D eigenvalue weighted by Crippen LogP contribution is -2.30. The number of hydrogen-bond donors (Lipinski definition) is 1. The van der Waals surface area contributed by atoms with Gasteiger partial charge in [0.1, 0.15) is 4.34 Å². The van der Waals surface area contributed by atoms with Gasteiger partial charge >= 0.3 is 12.1 Å². The van der Waals surface area contributed by atoms with Crippen LogP contribution in [0.4, 0.5) is 23.2 Å². The van der Waals surface area contributed by atoms with Gasteiger partial charge in [0, 0.05) is 0 Å². The number of aryl methyl sites for hydroxylation is 1. The van der Waals surface area contributed by atoms with Gasteiger partial charge in [-0.3, -0.25) is 4.79 Å². The van der Waals surface area contributed by atoms with Gasteiger partial charge in [0.15, 0.2) is 5.82 Å². The number of rotatable bonds is 2. The Morgan fingerprint density at radius 2 is 1.81 bits per heavy atom. The number of amides is 1. The number of halogens is 5. The van der Waals surface area contributed by atoms with Crippen LogP contribution in [0, 0.1) is 12.7 Å². The Bertz CT molecular complexity index is 679. The molecule has 0 saturated heterocycles. The first-order valence-electron chi connectivity index (χ1n) is 5.63. The maximum Gasteiger partial charge on any atom is 0.471 e. The van der Waals surface area contributed by atoms with Crippen LogP contribution in [-0.2, 0) is 4.79 Å². The number of hydrogen-bond acceptors (Lipinski definition) is 2. The molecule has 21 heavy (non-hydrogen) atoms. The molecule has 0 unspecified atom stereocenters. The summed E-state index contributed by atoms with van der Waals surface area (Å²) < 4.78 is 50.4. The molecular weight excluding hydrogens is 330 g/mol. The van der Waals surface area contributed by atoms with E-state index in [0.717, 1.165) is 16.9 Å². The summed E-state index contributed by atoms with van der Waals surface area (Å²) in [5, 5.41) is 1.54. The second-order valence-corrected chi connectivity index (χ2v) is 5.83. The zero-order valence-electron chi connectivity index (χ0n) is 10.5. The Hall–Kier alpha value is -1.60. The molecule has 8 heteroatoms. The molecule has 0 aliphatic heterocycles. The van der Waals surface area contributed by atoms with Crippen LogP contribution in [-0.4, -0.2) is 12.1 Å². The van der Waals surface area contributed by atoms with Gasteiger partial charge in [-0.15, -0.1) is 11.3 Å². The number of anilines is 1. The van der Waals surface area contributed by atoms with E-state index < -0.39 is 23.6 Å². The maximum absolute atomic E-state index is 13.8. The number of carbonyl (C=O) groups excluding carboxylic acids is 1. The molecule has 0 aliphatic rings. The van der Waals surface area contributed by atoms with E-state index in [0.29, 0.717) is 5.56 Å². The molecule has 0 radical (unpaired) electrons. The summed E-state index contributed by atoms with van der Waals surface area (Å²) in [6.07, 6.45) is -5.11. The number of alkyl halides is 3. The minimum absolute atomic E-state index is 0.134. The highest BCUT2D eigenvalue weighted by Gasteiger charge is 2.40. The van der Waals surface area contributed by atoms with Crippen LogP contribution in [0.2, 0.25) is 4.34 Å². The van der Waals surface area contributed by atoms with Crippen molar-refractivity contribution in [2.24, 2.45) is 0 Å². The Morgan fingerprint density at radius 3 is 2.33 bits per heavy atom. The van der Waals surface area contributed by atoms with E-state index in [-0.39, 0.29) is 9.21 Å². The van der Waals surface area contributed by atoms with E-state index in [2.05, 4.69) is 0 Å². The SMILES string of the molecule is Cc1ccc(-c2sc(Cl)c(F)c2NC(=O)C(F)(F)F)cc1. The Balaban J connectivity index is 2.46. The fourth-order valence-corrected chi connectivity index (χ4v) is 2.78. The average molecular weight is 338 g/mol. The lowest BCUT2D eigenvalue weighted by Gasteiger charge is -2.09. The maximum atomic E-state index is 13.8. The van der Waals surface area contributed by atoms with Crippen molar-refractivity contribution in [3.8, 4) is 10.4 Å². The molecule has 0 fully saturated rings. The molecule has 1 amide bonds. The Morgan fingerprint density at radius 1 is 1.24 bits per heavy atom. The summed E-state index contributed by atoms with van der Waals surface area (Å²) in [5.74, 6) is -3.32. The van der Waals surface area contributed by atoms with Crippen molar-refractivity contribution in [3.05, 3.63) is 40.0 Å². The van der Waals surface area contributed by atoms with Gasteiger partial charge in [-0.25, -0.2) is 4.39 Å². The van der Waals surface area contributed by atoms with Crippen LogP contribution >= 0.6 is 22.9 Å². The average Bonchev–Trinajstić information content (AvgIpc) is 2.67. The van der Waals surface area contributed by atoms with Crippen molar-refractivity contribution in [1.29, 1.82) is 0 Å². The highest BCUT2D eigenvalue weighted by Crippen LogP contribution is 2.42. The molecule has 2 aromatic rings. The molecule has 1 N–H and O–H groups in total. The largest absolute Gasteiger partial charge is 0.471 e. The zero-order valence-corrected chi connectivity index (χ0v) is 12.1.